The molecule has 0 bridgehead atoms. The number of ether oxygens (including phenoxy) is 1. The zero-order valence-electron chi connectivity index (χ0n) is 18.2. The van der Waals surface area contributed by atoms with E-state index in [0.29, 0.717) is 27.3 Å². The Morgan fingerprint density at radius 1 is 0.861 bits per heavy atom. The van der Waals surface area contributed by atoms with Gasteiger partial charge in [0.1, 0.15) is 5.75 Å². The fourth-order valence-corrected chi connectivity index (χ4v) is 5.00. The zero-order chi connectivity index (χ0) is 26.5. The molecule has 0 aliphatic carbocycles. The van der Waals surface area contributed by atoms with E-state index in [1.165, 1.54) is 36.0 Å². The summed E-state index contributed by atoms with van der Waals surface area (Å²) in [5.74, 6) is -0.509. The van der Waals surface area contributed by atoms with Crippen molar-refractivity contribution < 1.29 is 41.0 Å². The third-order valence-corrected chi connectivity index (χ3v) is 7.15. The molecule has 0 radical (unpaired) electrons. The van der Waals surface area contributed by atoms with E-state index in [1.54, 1.807) is 24.3 Å². The topological polar surface area (TPSA) is 46.5 Å². The third kappa shape index (κ3) is 7.42. The summed E-state index contributed by atoms with van der Waals surface area (Å²) in [6, 6.07) is 13.9. The number of carboxylic acid groups (broad SMARTS) is 1. The molecule has 0 aromatic heterocycles. The van der Waals surface area contributed by atoms with Crippen LogP contribution >= 0.6 is 34.4 Å². The van der Waals surface area contributed by atoms with Gasteiger partial charge in [-0.15, -0.1) is 11.8 Å². The molecular weight excluding hydrogens is 621 g/mol. The highest BCUT2D eigenvalue weighted by molar-refractivity contribution is 14.1. The number of hydrogen-bond donors (Lipinski definition) is 1. The molecule has 11 heteroatoms. The molecule has 0 atom stereocenters. The van der Waals surface area contributed by atoms with Crippen molar-refractivity contribution in [1.82, 2.24) is 0 Å². The molecule has 0 unspecified atom stereocenters. The van der Waals surface area contributed by atoms with Gasteiger partial charge in [-0.2, -0.15) is 26.3 Å². The lowest BCUT2D eigenvalue weighted by Crippen LogP contribution is -2.10. The summed E-state index contributed by atoms with van der Waals surface area (Å²) in [7, 11) is 0. The SMILES string of the molecule is O=C(O)COc1cccc(I)c1SCC=C(c1ccc(C(F)(F)F)cc1)c1ccc(C(F)(F)F)cc1. The minimum absolute atomic E-state index is 0.279. The first-order valence-electron chi connectivity index (χ1n) is 10.2. The second-order valence-electron chi connectivity index (χ2n) is 7.33. The predicted molar refractivity (Wildman–Crippen MR) is 133 cm³/mol. The number of carboxylic acids is 1. The first kappa shape index (κ1) is 27.9. The van der Waals surface area contributed by atoms with Crippen LogP contribution in [-0.2, 0) is 17.1 Å². The highest BCUT2D eigenvalue weighted by atomic mass is 127. The van der Waals surface area contributed by atoms with Crippen LogP contribution in [0.3, 0.4) is 0 Å². The molecule has 0 aliphatic heterocycles. The number of benzene rings is 3. The number of alkyl halides is 6. The normalized spacial score (nSPS) is 11.8. The molecule has 0 aliphatic rings. The average Bonchev–Trinajstić information content (AvgIpc) is 2.81. The Kier molecular flexibility index (Phi) is 8.98. The maximum absolute atomic E-state index is 13.0. The van der Waals surface area contributed by atoms with Crippen LogP contribution in [-0.4, -0.2) is 23.4 Å². The molecule has 3 aromatic carbocycles. The number of carbonyl (C=O) groups is 1. The Balaban J connectivity index is 1.95. The first-order valence-corrected chi connectivity index (χ1v) is 12.2. The summed E-state index contributed by atoms with van der Waals surface area (Å²) in [6.07, 6.45) is -7.36. The standard InChI is InChI=1S/C25H17F6IO3S/c26-24(27,28)17-8-4-15(5-9-17)19(16-6-10-18(11-7-16)25(29,30)31)12-13-36-23-20(32)2-1-3-21(23)35-14-22(33)34/h1-12H,13-14H2,(H,33,34). The van der Waals surface area contributed by atoms with Crippen molar-refractivity contribution in [3.8, 4) is 5.75 Å². The summed E-state index contributed by atoms with van der Waals surface area (Å²) in [5.41, 5.74) is -0.441. The lowest BCUT2D eigenvalue weighted by atomic mass is 9.96. The van der Waals surface area contributed by atoms with E-state index in [2.05, 4.69) is 22.6 Å². The Morgan fingerprint density at radius 3 is 1.81 bits per heavy atom. The van der Waals surface area contributed by atoms with Crippen LogP contribution in [0.5, 0.6) is 5.75 Å². The second kappa shape index (κ2) is 11.6. The highest BCUT2D eigenvalue weighted by Crippen LogP contribution is 2.36. The van der Waals surface area contributed by atoms with Crippen molar-refractivity contribution in [1.29, 1.82) is 0 Å². The summed E-state index contributed by atoms with van der Waals surface area (Å²) >= 11 is 3.36. The van der Waals surface area contributed by atoms with Crippen molar-refractivity contribution in [2.45, 2.75) is 17.2 Å². The van der Waals surface area contributed by atoms with Crippen molar-refractivity contribution in [3.05, 3.63) is 98.6 Å². The molecule has 190 valence electrons. The summed E-state index contributed by atoms with van der Waals surface area (Å²) < 4.78 is 84.2. The van der Waals surface area contributed by atoms with E-state index in [1.807, 2.05) is 0 Å². The van der Waals surface area contributed by atoms with Crippen LogP contribution in [0.2, 0.25) is 0 Å². The van der Waals surface area contributed by atoms with Gasteiger partial charge in [0, 0.05) is 9.32 Å². The van der Waals surface area contributed by atoms with Gasteiger partial charge in [0.05, 0.1) is 16.0 Å². The van der Waals surface area contributed by atoms with Gasteiger partial charge in [0.2, 0.25) is 0 Å². The van der Waals surface area contributed by atoms with E-state index >= 15 is 0 Å². The van der Waals surface area contributed by atoms with Crippen molar-refractivity contribution in [2.24, 2.45) is 0 Å². The maximum Gasteiger partial charge on any atom is 0.416 e. The Bertz CT molecular complexity index is 1180. The van der Waals surface area contributed by atoms with Crippen LogP contribution in [0, 0.1) is 3.57 Å². The van der Waals surface area contributed by atoms with Gasteiger partial charge in [-0.3, -0.25) is 0 Å². The molecule has 0 saturated carbocycles. The monoisotopic (exact) mass is 638 g/mol. The lowest BCUT2D eigenvalue weighted by Gasteiger charge is -2.14. The van der Waals surface area contributed by atoms with Gasteiger partial charge >= 0.3 is 18.3 Å². The summed E-state index contributed by atoms with van der Waals surface area (Å²) in [6.45, 7) is -0.536. The number of halogens is 7. The fourth-order valence-electron chi connectivity index (χ4n) is 3.17. The van der Waals surface area contributed by atoms with Gasteiger partial charge in [-0.25, -0.2) is 4.79 Å². The number of rotatable bonds is 8. The summed E-state index contributed by atoms with van der Waals surface area (Å²) in [5, 5.41) is 8.89. The number of thioether (sulfide) groups is 1. The van der Waals surface area contributed by atoms with Crippen LogP contribution < -0.4 is 4.74 Å². The molecule has 0 heterocycles. The molecule has 3 rings (SSSR count). The van der Waals surface area contributed by atoms with E-state index in [0.717, 1.165) is 27.8 Å². The first-order chi connectivity index (χ1) is 16.9. The van der Waals surface area contributed by atoms with E-state index in [-0.39, 0.29) is 5.75 Å². The van der Waals surface area contributed by atoms with Crippen LogP contribution in [0.25, 0.3) is 5.57 Å². The van der Waals surface area contributed by atoms with Gasteiger partial charge in [0.15, 0.2) is 6.61 Å². The quantitative estimate of drug-likeness (QED) is 0.154. The predicted octanol–water partition coefficient (Wildman–Crippen LogP) is 8.02. The summed E-state index contributed by atoms with van der Waals surface area (Å²) in [4.78, 5) is 11.5. The molecule has 0 amide bonds. The van der Waals surface area contributed by atoms with Crippen molar-refractivity contribution >= 4 is 45.9 Å². The van der Waals surface area contributed by atoms with Gasteiger partial charge in [0.25, 0.3) is 0 Å². The van der Waals surface area contributed by atoms with Crippen LogP contribution in [0.1, 0.15) is 22.3 Å². The van der Waals surface area contributed by atoms with Gasteiger partial charge in [-0.05, 0) is 75.7 Å². The van der Waals surface area contributed by atoms with E-state index in [4.69, 9.17) is 9.84 Å². The van der Waals surface area contributed by atoms with Crippen LogP contribution in [0.4, 0.5) is 26.3 Å². The van der Waals surface area contributed by atoms with Crippen molar-refractivity contribution in [3.63, 3.8) is 0 Å². The maximum atomic E-state index is 13.0. The smallest absolute Gasteiger partial charge is 0.416 e. The second-order valence-corrected chi connectivity index (χ2v) is 9.52. The largest absolute Gasteiger partial charge is 0.481 e. The molecule has 0 fully saturated rings. The van der Waals surface area contributed by atoms with Crippen LogP contribution in [0.15, 0.2) is 77.7 Å². The van der Waals surface area contributed by atoms with Gasteiger partial charge < -0.3 is 9.84 Å². The molecular formula is C25H17F6IO3S. The van der Waals surface area contributed by atoms with E-state index in [9.17, 15) is 31.1 Å². The Hall–Kier alpha value is -2.67. The van der Waals surface area contributed by atoms with Gasteiger partial charge in [-0.1, -0.05) is 36.4 Å². The Morgan fingerprint density at radius 2 is 1.36 bits per heavy atom. The zero-order valence-corrected chi connectivity index (χ0v) is 21.1. The molecule has 3 aromatic rings. The van der Waals surface area contributed by atoms with E-state index < -0.39 is 36.1 Å². The highest BCUT2D eigenvalue weighted by Gasteiger charge is 2.31. The Labute approximate surface area is 220 Å². The lowest BCUT2D eigenvalue weighted by molar-refractivity contribution is -0.139. The third-order valence-electron chi connectivity index (χ3n) is 4.84. The molecule has 36 heavy (non-hydrogen) atoms. The number of aliphatic carboxylic acids is 1. The minimum atomic E-state index is -4.52. The van der Waals surface area contributed by atoms with Crippen molar-refractivity contribution in [2.75, 3.05) is 12.4 Å². The number of hydrogen-bond acceptors (Lipinski definition) is 3. The average molecular weight is 638 g/mol. The molecule has 1 N–H and O–H groups in total. The molecule has 3 nitrogen and oxygen atoms in total. The fraction of sp³-hybridized carbons (Fsp3) is 0.160. The minimum Gasteiger partial charge on any atom is -0.481 e. The molecule has 0 spiro atoms. The molecule has 0 saturated heterocycles.